The van der Waals surface area contributed by atoms with Crippen LogP contribution in [0.3, 0.4) is 0 Å². The number of benzene rings is 4. The Bertz CT molecular complexity index is 3450. The van der Waals surface area contributed by atoms with E-state index in [4.69, 9.17) is 29.9 Å². The maximum absolute atomic E-state index is 5.18. The Morgan fingerprint density at radius 3 is 1.63 bits per heavy atom. The van der Waals surface area contributed by atoms with Crippen LogP contribution in [0.4, 0.5) is 0 Å². The molecule has 0 amide bonds. The van der Waals surface area contributed by atoms with E-state index in [0.717, 1.165) is 50.7 Å². The highest BCUT2D eigenvalue weighted by molar-refractivity contribution is 7.13. The minimum Gasteiger partial charge on any atom is -0.209 e. The first-order chi connectivity index (χ1) is 33.2. The molecule has 3 aliphatic rings. The second-order valence-corrected chi connectivity index (χ2v) is 20.0. The van der Waals surface area contributed by atoms with E-state index in [2.05, 4.69) is 166 Å². The zero-order valence-electron chi connectivity index (χ0n) is 39.1. The Kier molecular flexibility index (Phi) is 11.1. The Balaban J connectivity index is 1.09. The van der Waals surface area contributed by atoms with E-state index in [1.54, 1.807) is 22.7 Å². The highest BCUT2D eigenvalue weighted by atomic mass is 32.1. The second-order valence-electron chi connectivity index (χ2n) is 18.1. The van der Waals surface area contributed by atoms with E-state index < -0.39 is 10.8 Å². The van der Waals surface area contributed by atoms with Crippen molar-refractivity contribution in [3.8, 4) is 43.9 Å². The van der Waals surface area contributed by atoms with Gasteiger partial charge in [-0.05, 0) is 168 Å². The Morgan fingerprint density at radius 1 is 0.515 bits per heavy atom. The van der Waals surface area contributed by atoms with Crippen molar-refractivity contribution in [2.45, 2.75) is 65.2 Å². The van der Waals surface area contributed by atoms with Gasteiger partial charge in [-0.2, -0.15) is 0 Å². The van der Waals surface area contributed by atoms with E-state index >= 15 is 0 Å². The summed E-state index contributed by atoms with van der Waals surface area (Å²) >= 11 is 3.29. The number of rotatable bonds is 10. The zero-order valence-corrected chi connectivity index (χ0v) is 40.7. The van der Waals surface area contributed by atoms with E-state index in [-0.39, 0.29) is 0 Å². The number of fused-ring (bicyclic) bond motifs is 5. The van der Waals surface area contributed by atoms with Gasteiger partial charge in [-0.1, -0.05) is 127 Å². The molecular weight excluding hydrogens is 869 g/mol. The fourth-order valence-corrected chi connectivity index (χ4v) is 11.7. The lowest BCUT2D eigenvalue weighted by molar-refractivity contribution is 0.698. The van der Waals surface area contributed by atoms with E-state index in [9.17, 15) is 0 Å². The highest BCUT2D eigenvalue weighted by Gasteiger charge is 2.48. The molecule has 0 fully saturated rings. The average Bonchev–Trinajstić information content (AvgIpc) is 4.22. The van der Waals surface area contributed by atoms with Crippen LogP contribution in [-0.2, 0) is 10.8 Å². The number of hydrogen-bond donors (Lipinski definition) is 0. The topological polar surface area (TPSA) is 77.3 Å². The number of nitrogens with zero attached hydrogens (tertiary/aromatic N) is 6. The van der Waals surface area contributed by atoms with Gasteiger partial charge in [-0.25, -0.2) is 29.9 Å². The van der Waals surface area contributed by atoms with Crippen molar-refractivity contribution in [3.05, 3.63) is 225 Å². The Hall–Kier alpha value is -7.26. The molecule has 2 atom stereocenters. The predicted octanol–water partition coefficient (Wildman–Crippen LogP) is 15.4. The van der Waals surface area contributed by atoms with Crippen LogP contribution in [0.5, 0.6) is 0 Å². The lowest BCUT2D eigenvalue weighted by Gasteiger charge is -2.32. The van der Waals surface area contributed by atoms with E-state index in [1.807, 2.05) is 44.2 Å². The molecule has 4 aromatic carbocycles. The fraction of sp³-hybridized carbons (Fsp3) is 0.167. The van der Waals surface area contributed by atoms with Gasteiger partial charge < -0.3 is 0 Å². The standard InChI is InChI=1S/C60H50N6S2/c1-7-9-19-37(3)53-61-55(65-57(63-53)51-25-17-31-67-51)39-27-29-43-45-35-50-46(36-49(45)59(5,47(43)33-39)41-21-13-11-14-22-41)44-30-28-40(34-48(44)60(50,6)42-23-15-12-16-24-42)56-62-54(38(4)20-10-8-2)64-58(66-56)52-26-18-32-68-52/h7-27,29,31-36H,28,30H2,1-6H3/b9-7-,10-8-,37-19+,38-20+. The zero-order chi connectivity index (χ0) is 46.6. The Morgan fingerprint density at radius 2 is 1.04 bits per heavy atom. The molecule has 0 N–H and O–H groups in total. The molecule has 8 aromatic rings. The summed E-state index contributed by atoms with van der Waals surface area (Å²) in [7, 11) is 0. The van der Waals surface area contributed by atoms with Crippen molar-refractivity contribution >= 4 is 45.0 Å². The summed E-state index contributed by atoms with van der Waals surface area (Å²) in [6.07, 6.45) is 16.4. The summed E-state index contributed by atoms with van der Waals surface area (Å²) in [4.78, 5) is 32.6. The normalized spacial score (nSPS) is 18.8. The quantitative estimate of drug-likeness (QED) is 0.127. The number of hydrogen-bond acceptors (Lipinski definition) is 8. The van der Waals surface area contributed by atoms with Crippen LogP contribution in [-0.4, -0.2) is 29.9 Å². The first-order valence-corrected chi connectivity index (χ1v) is 25.0. The molecular formula is C60H50N6S2. The molecule has 2 unspecified atom stereocenters. The maximum Gasteiger partial charge on any atom is 0.174 e. The molecule has 0 aliphatic heterocycles. The van der Waals surface area contributed by atoms with Crippen LogP contribution >= 0.6 is 22.7 Å². The highest BCUT2D eigenvalue weighted by Crippen LogP contribution is 2.60. The summed E-state index contributed by atoms with van der Waals surface area (Å²) in [5, 5.41) is 4.15. The van der Waals surface area contributed by atoms with Gasteiger partial charge in [0.25, 0.3) is 0 Å². The summed E-state index contributed by atoms with van der Waals surface area (Å²) in [6, 6.07) is 42.2. The molecule has 0 spiro atoms. The first-order valence-electron chi connectivity index (χ1n) is 23.3. The van der Waals surface area contributed by atoms with Crippen LogP contribution in [0.15, 0.2) is 174 Å². The van der Waals surface area contributed by atoms with Gasteiger partial charge in [0.1, 0.15) is 0 Å². The minimum atomic E-state index is -0.467. The second kappa shape index (κ2) is 17.4. The Labute approximate surface area is 406 Å². The molecule has 68 heavy (non-hydrogen) atoms. The number of thiophene rings is 2. The maximum atomic E-state index is 5.18. The molecule has 0 saturated heterocycles. The van der Waals surface area contributed by atoms with Crippen molar-refractivity contribution < 1.29 is 0 Å². The fourth-order valence-electron chi connectivity index (χ4n) is 10.4. The molecule has 332 valence electrons. The molecule has 11 rings (SSSR count). The van der Waals surface area contributed by atoms with Gasteiger partial charge in [0.15, 0.2) is 34.9 Å². The van der Waals surface area contributed by atoms with Crippen molar-refractivity contribution in [3.63, 3.8) is 0 Å². The molecule has 3 aliphatic carbocycles. The van der Waals surface area contributed by atoms with Gasteiger partial charge in [0.05, 0.1) is 9.75 Å². The van der Waals surface area contributed by atoms with Gasteiger partial charge >= 0.3 is 0 Å². The van der Waals surface area contributed by atoms with Crippen molar-refractivity contribution in [1.82, 2.24) is 29.9 Å². The third-order valence-electron chi connectivity index (χ3n) is 14.0. The first kappa shape index (κ1) is 43.3. The van der Waals surface area contributed by atoms with Crippen LogP contribution in [0.1, 0.15) is 105 Å². The molecule has 0 radical (unpaired) electrons. The van der Waals surface area contributed by atoms with Gasteiger partial charge in [0.2, 0.25) is 0 Å². The summed E-state index contributed by atoms with van der Waals surface area (Å²) in [5.41, 5.74) is 16.1. The van der Waals surface area contributed by atoms with Gasteiger partial charge in [-0.3, -0.25) is 0 Å². The lowest BCUT2D eigenvalue weighted by Crippen LogP contribution is -2.25. The van der Waals surface area contributed by atoms with Crippen molar-refractivity contribution in [1.29, 1.82) is 0 Å². The number of allylic oxidation sites excluding steroid dienone is 12. The van der Waals surface area contributed by atoms with E-state index in [0.29, 0.717) is 29.1 Å². The van der Waals surface area contributed by atoms with Gasteiger partial charge in [-0.15, -0.1) is 22.7 Å². The van der Waals surface area contributed by atoms with Crippen LogP contribution in [0.25, 0.3) is 66.2 Å². The molecule has 0 saturated carbocycles. The van der Waals surface area contributed by atoms with Crippen molar-refractivity contribution in [2.75, 3.05) is 0 Å². The third-order valence-corrected chi connectivity index (χ3v) is 15.8. The smallest absolute Gasteiger partial charge is 0.174 e. The monoisotopic (exact) mass is 918 g/mol. The molecule has 4 aromatic heterocycles. The minimum absolute atomic E-state index is 0.440. The predicted molar refractivity (Wildman–Crippen MR) is 283 cm³/mol. The molecule has 4 heterocycles. The van der Waals surface area contributed by atoms with Crippen LogP contribution in [0, 0.1) is 0 Å². The summed E-state index contributed by atoms with van der Waals surface area (Å²) in [6.45, 7) is 13.0. The third kappa shape index (κ3) is 7.22. The SMILES string of the molecule is C/C=C\C=C(/C)c1nc(C2=CC3=C(CC2)c2cc4c(cc2C3(C)c2ccccc2)-c2ccc(-c3nc(/C(C)=C/C=C\C)nc(-c5cccs5)n3)cc2C4(C)c2ccccc2)nc(-c2cccs2)n1. The largest absolute Gasteiger partial charge is 0.209 e. The number of aromatic nitrogens is 6. The molecule has 8 heteroatoms. The average molecular weight is 919 g/mol. The van der Waals surface area contributed by atoms with Crippen LogP contribution in [0.2, 0.25) is 0 Å². The molecule has 6 nitrogen and oxygen atoms in total. The lowest BCUT2D eigenvalue weighted by atomic mass is 9.71. The summed E-state index contributed by atoms with van der Waals surface area (Å²) < 4.78 is 0. The van der Waals surface area contributed by atoms with Crippen LogP contribution < -0.4 is 0 Å². The van der Waals surface area contributed by atoms with E-state index in [1.165, 1.54) is 55.7 Å². The van der Waals surface area contributed by atoms with Gasteiger partial charge in [0, 0.05) is 16.4 Å². The van der Waals surface area contributed by atoms with Crippen molar-refractivity contribution in [2.24, 2.45) is 0 Å². The summed E-state index contributed by atoms with van der Waals surface area (Å²) in [5.74, 6) is 4.17. The molecule has 0 bridgehead atoms.